The van der Waals surface area contributed by atoms with Crippen LogP contribution in [-0.2, 0) is 6.42 Å². The van der Waals surface area contributed by atoms with Gasteiger partial charge in [-0.15, -0.1) is 0 Å². The zero-order chi connectivity index (χ0) is 9.31. The van der Waals surface area contributed by atoms with Gasteiger partial charge in [-0.3, -0.25) is 0 Å². The van der Waals surface area contributed by atoms with Crippen molar-refractivity contribution in [3.63, 3.8) is 0 Å². The Kier molecular flexibility index (Phi) is 2.01. The van der Waals surface area contributed by atoms with Gasteiger partial charge in [-0.05, 0) is 37.0 Å². The molecule has 2 heteroatoms. The first-order valence-electron chi connectivity index (χ1n) is 4.40. The lowest BCUT2D eigenvalue weighted by atomic mass is 9.98. The van der Waals surface area contributed by atoms with Crippen molar-refractivity contribution in [2.75, 3.05) is 0 Å². The van der Waals surface area contributed by atoms with Gasteiger partial charge in [0, 0.05) is 5.02 Å². The SMILES string of the molecule is N#CC1(Cc2ccc(Cl)cc2)CC1. The van der Waals surface area contributed by atoms with E-state index in [1.807, 2.05) is 24.3 Å². The molecule has 0 bridgehead atoms. The molecule has 0 unspecified atom stereocenters. The van der Waals surface area contributed by atoms with Crippen LogP contribution in [0.25, 0.3) is 0 Å². The lowest BCUT2D eigenvalue weighted by Crippen LogP contribution is -2.00. The van der Waals surface area contributed by atoms with Crippen molar-refractivity contribution in [3.05, 3.63) is 34.9 Å². The predicted octanol–water partition coefficient (Wildman–Crippen LogP) is 3.19. The Bertz CT molecular complexity index is 343. The Balaban J connectivity index is 2.11. The smallest absolute Gasteiger partial charge is 0.0693 e. The molecule has 1 aromatic rings. The fourth-order valence-corrected chi connectivity index (χ4v) is 1.60. The fourth-order valence-electron chi connectivity index (χ4n) is 1.47. The minimum absolute atomic E-state index is 0.0478. The highest BCUT2D eigenvalue weighted by atomic mass is 35.5. The Hall–Kier alpha value is -1.00. The van der Waals surface area contributed by atoms with Gasteiger partial charge in [-0.1, -0.05) is 23.7 Å². The summed E-state index contributed by atoms with van der Waals surface area (Å²) >= 11 is 5.77. The number of hydrogen-bond donors (Lipinski definition) is 0. The van der Waals surface area contributed by atoms with Gasteiger partial charge in [0.15, 0.2) is 0 Å². The third-order valence-electron chi connectivity index (χ3n) is 2.55. The summed E-state index contributed by atoms with van der Waals surface area (Å²) in [5.74, 6) is 0. The van der Waals surface area contributed by atoms with E-state index in [4.69, 9.17) is 16.9 Å². The van der Waals surface area contributed by atoms with Crippen molar-refractivity contribution in [3.8, 4) is 6.07 Å². The van der Waals surface area contributed by atoms with Crippen molar-refractivity contribution >= 4 is 11.6 Å². The van der Waals surface area contributed by atoms with Crippen molar-refractivity contribution in [2.24, 2.45) is 5.41 Å². The van der Waals surface area contributed by atoms with Crippen LogP contribution in [-0.4, -0.2) is 0 Å². The van der Waals surface area contributed by atoms with Crippen molar-refractivity contribution in [2.45, 2.75) is 19.3 Å². The molecule has 1 fully saturated rings. The molecular formula is C11H10ClN. The van der Waals surface area contributed by atoms with Crippen LogP contribution in [0.5, 0.6) is 0 Å². The van der Waals surface area contributed by atoms with Gasteiger partial charge < -0.3 is 0 Å². The first-order chi connectivity index (χ1) is 6.24. The average Bonchev–Trinajstić information content (AvgIpc) is 2.90. The van der Waals surface area contributed by atoms with E-state index in [0.717, 1.165) is 24.3 Å². The van der Waals surface area contributed by atoms with Crippen molar-refractivity contribution in [1.29, 1.82) is 5.26 Å². The number of nitriles is 1. The zero-order valence-corrected chi connectivity index (χ0v) is 8.01. The number of benzene rings is 1. The Labute approximate surface area is 82.9 Å². The molecule has 0 aliphatic heterocycles. The molecule has 0 radical (unpaired) electrons. The standard InChI is InChI=1S/C11H10ClN/c12-10-3-1-9(2-4-10)7-11(8-13)5-6-11/h1-4H,5-7H2. The predicted molar refractivity (Wildman–Crippen MR) is 52.4 cm³/mol. The molecule has 1 saturated carbocycles. The van der Waals surface area contributed by atoms with Gasteiger partial charge in [0.2, 0.25) is 0 Å². The van der Waals surface area contributed by atoms with E-state index in [2.05, 4.69) is 6.07 Å². The maximum Gasteiger partial charge on any atom is 0.0693 e. The van der Waals surface area contributed by atoms with Gasteiger partial charge >= 0.3 is 0 Å². The van der Waals surface area contributed by atoms with Crippen LogP contribution in [0.1, 0.15) is 18.4 Å². The highest BCUT2D eigenvalue weighted by Crippen LogP contribution is 2.47. The monoisotopic (exact) mass is 191 g/mol. The summed E-state index contributed by atoms with van der Waals surface area (Å²) in [5.41, 5.74) is 1.16. The summed E-state index contributed by atoms with van der Waals surface area (Å²) in [6, 6.07) is 10.1. The molecule has 0 heterocycles. The minimum atomic E-state index is -0.0478. The lowest BCUT2D eigenvalue weighted by molar-refractivity contribution is 0.665. The topological polar surface area (TPSA) is 23.8 Å². The quantitative estimate of drug-likeness (QED) is 0.705. The minimum Gasteiger partial charge on any atom is -0.198 e. The molecule has 0 amide bonds. The van der Waals surface area contributed by atoms with E-state index in [1.54, 1.807) is 0 Å². The van der Waals surface area contributed by atoms with Crippen LogP contribution < -0.4 is 0 Å². The normalized spacial score (nSPS) is 17.8. The summed E-state index contributed by atoms with van der Waals surface area (Å²) in [5, 5.41) is 9.65. The van der Waals surface area contributed by atoms with Crippen LogP contribution in [0, 0.1) is 16.7 Å². The molecule has 66 valence electrons. The van der Waals surface area contributed by atoms with Crippen molar-refractivity contribution < 1.29 is 0 Å². The van der Waals surface area contributed by atoms with Gasteiger partial charge in [-0.2, -0.15) is 5.26 Å². The Morgan fingerprint density at radius 2 is 1.92 bits per heavy atom. The second-order valence-electron chi connectivity index (χ2n) is 3.70. The second kappa shape index (κ2) is 3.05. The van der Waals surface area contributed by atoms with Gasteiger partial charge in [-0.25, -0.2) is 0 Å². The molecule has 1 aromatic carbocycles. The zero-order valence-electron chi connectivity index (χ0n) is 7.26. The summed E-state index contributed by atoms with van der Waals surface area (Å²) in [7, 11) is 0. The van der Waals surface area contributed by atoms with Gasteiger partial charge in [0.25, 0.3) is 0 Å². The largest absolute Gasteiger partial charge is 0.198 e. The maximum atomic E-state index is 8.90. The third-order valence-corrected chi connectivity index (χ3v) is 2.80. The maximum absolute atomic E-state index is 8.90. The number of nitrogens with zero attached hydrogens (tertiary/aromatic N) is 1. The molecule has 0 N–H and O–H groups in total. The third kappa shape index (κ3) is 1.84. The van der Waals surface area contributed by atoms with Crippen LogP contribution in [0.15, 0.2) is 24.3 Å². The first kappa shape index (κ1) is 8.59. The van der Waals surface area contributed by atoms with Gasteiger partial charge in [0.05, 0.1) is 11.5 Å². The van der Waals surface area contributed by atoms with E-state index < -0.39 is 0 Å². The van der Waals surface area contributed by atoms with E-state index >= 15 is 0 Å². The molecule has 2 rings (SSSR count). The summed E-state index contributed by atoms with van der Waals surface area (Å²) < 4.78 is 0. The fraction of sp³-hybridized carbons (Fsp3) is 0.364. The summed E-state index contributed by atoms with van der Waals surface area (Å²) in [6.07, 6.45) is 2.97. The molecule has 1 aliphatic carbocycles. The molecule has 1 aliphatic rings. The molecule has 0 aromatic heterocycles. The molecule has 0 atom stereocenters. The number of halogens is 1. The summed E-state index contributed by atoms with van der Waals surface area (Å²) in [4.78, 5) is 0. The molecule has 13 heavy (non-hydrogen) atoms. The second-order valence-corrected chi connectivity index (χ2v) is 4.13. The van der Waals surface area contributed by atoms with Crippen LogP contribution in [0.2, 0.25) is 5.02 Å². The van der Waals surface area contributed by atoms with Crippen LogP contribution >= 0.6 is 11.6 Å². The lowest BCUT2D eigenvalue weighted by Gasteiger charge is -2.04. The first-order valence-corrected chi connectivity index (χ1v) is 4.78. The van der Waals surface area contributed by atoms with E-state index in [-0.39, 0.29) is 5.41 Å². The Morgan fingerprint density at radius 3 is 2.38 bits per heavy atom. The molecule has 0 spiro atoms. The number of hydrogen-bond acceptors (Lipinski definition) is 1. The van der Waals surface area contributed by atoms with Crippen LogP contribution in [0.4, 0.5) is 0 Å². The highest BCUT2D eigenvalue weighted by molar-refractivity contribution is 6.30. The Morgan fingerprint density at radius 1 is 1.31 bits per heavy atom. The van der Waals surface area contributed by atoms with E-state index in [1.165, 1.54) is 5.56 Å². The van der Waals surface area contributed by atoms with E-state index in [9.17, 15) is 0 Å². The van der Waals surface area contributed by atoms with Gasteiger partial charge in [0.1, 0.15) is 0 Å². The van der Waals surface area contributed by atoms with E-state index in [0.29, 0.717) is 0 Å². The average molecular weight is 192 g/mol. The van der Waals surface area contributed by atoms with Crippen molar-refractivity contribution in [1.82, 2.24) is 0 Å². The van der Waals surface area contributed by atoms with Crippen LogP contribution in [0.3, 0.4) is 0 Å². The molecule has 1 nitrogen and oxygen atoms in total. The highest BCUT2D eigenvalue weighted by Gasteiger charge is 2.42. The molecular weight excluding hydrogens is 182 g/mol. The summed E-state index contributed by atoms with van der Waals surface area (Å²) in [6.45, 7) is 0. The number of rotatable bonds is 2. The molecule has 0 saturated heterocycles.